The highest BCUT2D eigenvalue weighted by Crippen LogP contribution is 2.34. The lowest BCUT2D eigenvalue weighted by Crippen LogP contribution is -2.45. The van der Waals surface area contributed by atoms with Gasteiger partial charge in [-0.2, -0.15) is 5.10 Å². The fourth-order valence-corrected chi connectivity index (χ4v) is 3.58. The number of amides is 3. The lowest BCUT2D eigenvalue weighted by Gasteiger charge is -2.28. The van der Waals surface area contributed by atoms with Crippen molar-refractivity contribution in [3.05, 3.63) is 56.7 Å². The summed E-state index contributed by atoms with van der Waals surface area (Å²) in [5, 5.41) is 9.11. The first-order valence-corrected chi connectivity index (χ1v) is 11.2. The van der Waals surface area contributed by atoms with Gasteiger partial charge in [-0.15, -0.1) is 0 Å². The van der Waals surface area contributed by atoms with Crippen molar-refractivity contribution in [1.82, 2.24) is 16.1 Å². The molecule has 0 saturated heterocycles. The first-order chi connectivity index (χ1) is 16.3. The van der Waals surface area contributed by atoms with Crippen LogP contribution in [0.15, 0.2) is 51.1 Å². The summed E-state index contributed by atoms with van der Waals surface area (Å²) in [5.74, 6) is 0.0762. The van der Waals surface area contributed by atoms with E-state index in [4.69, 9.17) is 18.6 Å². The highest BCUT2D eigenvalue weighted by molar-refractivity contribution is 14.1. The van der Waals surface area contributed by atoms with Gasteiger partial charge in [0, 0.05) is 5.70 Å². The van der Waals surface area contributed by atoms with Gasteiger partial charge < -0.3 is 29.3 Å². The van der Waals surface area contributed by atoms with E-state index in [0.717, 1.165) is 0 Å². The number of carbonyl (C=O) groups excluding carboxylic acids is 3. The van der Waals surface area contributed by atoms with Crippen molar-refractivity contribution < 1.29 is 33.0 Å². The van der Waals surface area contributed by atoms with Gasteiger partial charge in [-0.1, -0.05) is 6.07 Å². The highest BCUT2D eigenvalue weighted by Gasteiger charge is 2.32. The molecule has 3 amide bonds. The molecule has 0 bridgehead atoms. The van der Waals surface area contributed by atoms with E-state index in [2.05, 4.69) is 21.2 Å². The average Bonchev–Trinajstić information content (AvgIpc) is 3.22. The number of esters is 1. The van der Waals surface area contributed by atoms with E-state index >= 15 is 0 Å². The zero-order chi connectivity index (χ0) is 24.7. The Morgan fingerprint density at radius 1 is 1.26 bits per heavy atom. The third-order valence-electron chi connectivity index (χ3n) is 4.62. The van der Waals surface area contributed by atoms with Gasteiger partial charge in [-0.05, 0) is 66.3 Å². The van der Waals surface area contributed by atoms with Crippen molar-refractivity contribution in [2.24, 2.45) is 5.10 Å². The van der Waals surface area contributed by atoms with E-state index < -0.39 is 23.9 Å². The van der Waals surface area contributed by atoms with Gasteiger partial charge in [-0.25, -0.2) is 15.0 Å². The van der Waals surface area contributed by atoms with Crippen LogP contribution in [0.25, 0.3) is 0 Å². The quantitative estimate of drug-likeness (QED) is 0.179. The molecular formula is C22H23IN4O7. The number of urea groups is 1. The molecule has 2 aromatic rings. The Morgan fingerprint density at radius 2 is 2.06 bits per heavy atom. The van der Waals surface area contributed by atoms with Crippen LogP contribution in [-0.2, 0) is 14.3 Å². The fourth-order valence-electron chi connectivity index (χ4n) is 3.15. The van der Waals surface area contributed by atoms with Gasteiger partial charge in [0.1, 0.15) is 5.76 Å². The normalized spacial score (nSPS) is 15.5. The van der Waals surface area contributed by atoms with Crippen LogP contribution in [0.2, 0.25) is 0 Å². The highest BCUT2D eigenvalue weighted by atomic mass is 127. The summed E-state index contributed by atoms with van der Waals surface area (Å²) in [4.78, 5) is 36.6. The second kappa shape index (κ2) is 11.5. The van der Waals surface area contributed by atoms with Crippen molar-refractivity contribution >= 4 is 46.7 Å². The number of hydrogen-bond acceptors (Lipinski definition) is 8. The number of ether oxygens (including phenoxy) is 3. The summed E-state index contributed by atoms with van der Waals surface area (Å²) >= 11 is 2.02. The first kappa shape index (κ1) is 25.1. The minimum atomic E-state index is -0.752. The molecule has 0 saturated carbocycles. The molecule has 34 heavy (non-hydrogen) atoms. The third-order valence-corrected chi connectivity index (χ3v) is 5.20. The van der Waals surface area contributed by atoms with Crippen LogP contribution in [-0.4, -0.2) is 44.4 Å². The van der Waals surface area contributed by atoms with E-state index in [1.807, 2.05) is 22.6 Å². The number of benzene rings is 1. The van der Waals surface area contributed by atoms with E-state index in [-0.39, 0.29) is 18.8 Å². The molecule has 0 unspecified atom stereocenters. The number of furan rings is 1. The second-order valence-corrected chi connectivity index (χ2v) is 7.99. The summed E-state index contributed by atoms with van der Waals surface area (Å²) in [6, 6.07) is 7.15. The molecule has 0 spiro atoms. The smallest absolute Gasteiger partial charge is 0.338 e. The van der Waals surface area contributed by atoms with Gasteiger partial charge >= 0.3 is 12.0 Å². The predicted molar refractivity (Wildman–Crippen MR) is 129 cm³/mol. The van der Waals surface area contributed by atoms with Gasteiger partial charge in [0.05, 0.1) is 31.5 Å². The largest absolute Gasteiger partial charge is 0.493 e. The Hall–Kier alpha value is -3.55. The molecule has 3 rings (SSSR count). The minimum Gasteiger partial charge on any atom is -0.493 e. The van der Waals surface area contributed by atoms with Crippen LogP contribution in [0.5, 0.6) is 11.5 Å². The molecule has 0 radical (unpaired) electrons. The second-order valence-electron chi connectivity index (χ2n) is 6.92. The van der Waals surface area contributed by atoms with E-state index in [0.29, 0.717) is 32.3 Å². The molecule has 2 heterocycles. The Morgan fingerprint density at radius 3 is 2.74 bits per heavy atom. The zero-order valence-electron chi connectivity index (χ0n) is 18.6. The SMILES string of the molecule is CCOC(=O)C1=C(C)NC(=O)N[C@@H]1c1ccc(OCC(=O)N/N=C\c2ccc(I)o2)c(OC)c1. The molecule has 1 atom stereocenters. The molecule has 1 aromatic carbocycles. The fraction of sp³-hybridized carbons (Fsp3) is 0.273. The number of nitrogens with zero attached hydrogens (tertiary/aromatic N) is 1. The van der Waals surface area contributed by atoms with Crippen molar-refractivity contribution in [1.29, 1.82) is 0 Å². The summed E-state index contributed by atoms with van der Waals surface area (Å²) in [7, 11) is 1.44. The summed E-state index contributed by atoms with van der Waals surface area (Å²) < 4.78 is 22.1. The van der Waals surface area contributed by atoms with Crippen LogP contribution in [0, 0.1) is 3.77 Å². The predicted octanol–water partition coefficient (Wildman–Crippen LogP) is 2.61. The van der Waals surface area contributed by atoms with Crippen LogP contribution in [0.1, 0.15) is 31.2 Å². The van der Waals surface area contributed by atoms with Gasteiger partial charge in [-0.3, -0.25) is 4.79 Å². The van der Waals surface area contributed by atoms with Crippen molar-refractivity contribution in [2.75, 3.05) is 20.3 Å². The zero-order valence-corrected chi connectivity index (χ0v) is 20.8. The van der Waals surface area contributed by atoms with Gasteiger partial charge in [0.25, 0.3) is 5.91 Å². The molecule has 1 aromatic heterocycles. The van der Waals surface area contributed by atoms with E-state index in [9.17, 15) is 14.4 Å². The molecule has 0 aliphatic carbocycles. The van der Waals surface area contributed by atoms with Crippen LogP contribution in [0.3, 0.4) is 0 Å². The maximum absolute atomic E-state index is 12.5. The number of rotatable bonds is 9. The molecule has 0 fully saturated rings. The van der Waals surface area contributed by atoms with Crippen molar-refractivity contribution in [3.63, 3.8) is 0 Å². The Balaban J connectivity index is 1.70. The van der Waals surface area contributed by atoms with Crippen LogP contribution >= 0.6 is 22.6 Å². The number of carbonyl (C=O) groups is 3. The van der Waals surface area contributed by atoms with Gasteiger partial charge in [0.2, 0.25) is 0 Å². The molecule has 12 heteroatoms. The number of hydrazone groups is 1. The first-order valence-electron chi connectivity index (χ1n) is 10.2. The Kier molecular flexibility index (Phi) is 8.51. The number of nitrogens with one attached hydrogen (secondary N) is 3. The van der Waals surface area contributed by atoms with Gasteiger partial charge in [0.15, 0.2) is 21.9 Å². The van der Waals surface area contributed by atoms with Crippen LogP contribution < -0.4 is 25.5 Å². The number of allylic oxidation sites excluding steroid dienone is 1. The molecular weight excluding hydrogens is 559 g/mol. The summed E-state index contributed by atoms with van der Waals surface area (Å²) in [6.45, 7) is 3.20. The monoisotopic (exact) mass is 582 g/mol. The van der Waals surface area contributed by atoms with Crippen LogP contribution in [0.4, 0.5) is 4.79 Å². The lowest BCUT2D eigenvalue weighted by molar-refractivity contribution is -0.139. The topological polar surface area (TPSA) is 140 Å². The molecule has 11 nitrogen and oxygen atoms in total. The Bertz CT molecular complexity index is 1140. The van der Waals surface area contributed by atoms with Crippen molar-refractivity contribution in [3.8, 4) is 11.5 Å². The minimum absolute atomic E-state index is 0.194. The molecule has 1 aliphatic heterocycles. The summed E-state index contributed by atoms with van der Waals surface area (Å²) in [5.41, 5.74) is 3.59. The average molecular weight is 582 g/mol. The third kappa shape index (κ3) is 6.27. The molecule has 180 valence electrons. The van der Waals surface area contributed by atoms with E-state index in [1.54, 1.807) is 44.2 Å². The standard InChI is InChI=1S/C22H23IN4O7/c1-4-32-21(29)19-12(2)25-22(30)26-20(19)13-5-7-15(16(9-13)31-3)33-11-18(28)27-24-10-14-6-8-17(23)34-14/h5-10,20H,4,11H2,1-3H3,(H,27,28)(H2,25,26,30)/b24-10-/t20-/m1/s1. The number of halogens is 1. The van der Waals surface area contributed by atoms with E-state index in [1.165, 1.54) is 13.3 Å². The maximum Gasteiger partial charge on any atom is 0.338 e. The summed E-state index contributed by atoms with van der Waals surface area (Å²) in [6.07, 6.45) is 1.37. The Labute approximate surface area is 209 Å². The molecule has 1 aliphatic rings. The lowest BCUT2D eigenvalue weighted by atomic mass is 9.95. The van der Waals surface area contributed by atoms with Crippen molar-refractivity contribution in [2.45, 2.75) is 19.9 Å². The molecule has 3 N–H and O–H groups in total. The number of methoxy groups -OCH3 is 1. The maximum atomic E-state index is 12.5. The number of hydrogen-bond donors (Lipinski definition) is 3.